The van der Waals surface area contributed by atoms with Crippen molar-refractivity contribution < 1.29 is 23.8 Å². The first-order chi connectivity index (χ1) is 19.4. The predicted molar refractivity (Wildman–Crippen MR) is 152 cm³/mol. The Morgan fingerprint density at radius 3 is 2.30 bits per heavy atom. The number of aromatic nitrogens is 2. The number of para-hydroxylation sites is 3. The molecule has 1 unspecified atom stereocenters. The molecule has 0 bridgehead atoms. The molecule has 10 nitrogen and oxygen atoms in total. The Bertz CT molecular complexity index is 1600. The van der Waals surface area contributed by atoms with E-state index in [0.717, 1.165) is 0 Å². The highest BCUT2D eigenvalue weighted by atomic mass is 16.5. The van der Waals surface area contributed by atoms with Crippen LogP contribution in [0.3, 0.4) is 0 Å². The topological polar surface area (TPSA) is 116 Å². The summed E-state index contributed by atoms with van der Waals surface area (Å²) in [6, 6.07) is 21.0. The van der Waals surface area contributed by atoms with Gasteiger partial charge in [0.15, 0.2) is 0 Å². The SMILES string of the molecule is COc1ccc(C2C(C(=O)Nc3ccccc3OC)=C(C)Nc3c(C(=O)Nc4ccccc4)cnn32)c(OC)c1. The molecule has 1 aliphatic rings. The number of amides is 2. The minimum absolute atomic E-state index is 0.324. The van der Waals surface area contributed by atoms with Crippen molar-refractivity contribution in [1.82, 2.24) is 9.78 Å². The number of fused-ring (bicyclic) bond motifs is 1. The molecule has 1 aromatic heterocycles. The summed E-state index contributed by atoms with van der Waals surface area (Å²) < 4.78 is 18.1. The third-order valence-electron chi connectivity index (χ3n) is 6.63. The average Bonchev–Trinajstić information content (AvgIpc) is 3.40. The number of benzene rings is 3. The Morgan fingerprint density at radius 2 is 1.57 bits per heavy atom. The Balaban J connectivity index is 1.60. The van der Waals surface area contributed by atoms with Crippen molar-refractivity contribution in [1.29, 1.82) is 0 Å². The molecule has 1 aliphatic heterocycles. The van der Waals surface area contributed by atoms with Crippen molar-refractivity contribution in [2.45, 2.75) is 13.0 Å². The van der Waals surface area contributed by atoms with Gasteiger partial charge in [-0.05, 0) is 43.3 Å². The molecule has 0 fully saturated rings. The Labute approximate surface area is 231 Å². The van der Waals surface area contributed by atoms with Crippen LogP contribution >= 0.6 is 0 Å². The molecule has 5 rings (SSSR count). The van der Waals surface area contributed by atoms with E-state index in [2.05, 4.69) is 21.0 Å². The number of carbonyl (C=O) groups excluding carboxylic acids is 2. The van der Waals surface area contributed by atoms with Gasteiger partial charge in [0, 0.05) is 23.0 Å². The van der Waals surface area contributed by atoms with Crippen molar-refractivity contribution in [3.8, 4) is 17.2 Å². The van der Waals surface area contributed by atoms with E-state index in [-0.39, 0.29) is 11.8 Å². The number of nitrogens with one attached hydrogen (secondary N) is 3. The third kappa shape index (κ3) is 4.94. The van der Waals surface area contributed by atoms with Crippen molar-refractivity contribution in [2.24, 2.45) is 0 Å². The van der Waals surface area contributed by atoms with E-state index >= 15 is 0 Å². The molecule has 2 amide bonds. The van der Waals surface area contributed by atoms with Crippen LogP contribution in [0.25, 0.3) is 0 Å². The second-order valence-corrected chi connectivity index (χ2v) is 9.00. The van der Waals surface area contributed by atoms with Crippen LogP contribution in [-0.2, 0) is 4.79 Å². The first-order valence-electron chi connectivity index (χ1n) is 12.5. The number of allylic oxidation sites excluding steroid dienone is 1. The molecule has 40 heavy (non-hydrogen) atoms. The fourth-order valence-electron chi connectivity index (χ4n) is 4.70. The fraction of sp³-hybridized carbons (Fsp3) is 0.167. The summed E-state index contributed by atoms with van der Waals surface area (Å²) in [6.07, 6.45) is 1.48. The van der Waals surface area contributed by atoms with Crippen LogP contribution in [-0.4, -0.2) is 42.9 Å². The number of rotatable bonds is 8. The van der Waals surface area contributed by atoms with Gasteiger partial charge in [-0.3, -0.25) is 9.59 Å². The molecule has 0 aliphatic carbocycles. The molecule has 2 heterocycles. The highest BCUT2D eigenvalue weighted by Gasteiger charge is 2.37. The van der Waals surface area contributed by atoms with Gasteiger partial charge in [-0.2, -0.15) is 5.10 Å². The number of methoxy groups -OCH3 is 3. The summed E-state index contributed by atoms with van der Waals surface area (Å²) in [6.45, 7) is 1.79. The monoisotopic (exact) mass is 539 g/mol. The molecule has 3 N–H and O–H groups in total. The van der Waals surface area contributed by atoms with E-state index < -0.39 is 6.04 Å². The number of anilines is 3. The average molecular weight is 540 g/mol. The van der Waals surface area contributed by atoms with E-state index in [1.54, 1.807) is 69.3 Å². The van der Waals surface area contributed by atoms with Crippen LogP contribution in [0.1, 0.15) is 28.9 Å². The highest BCUT2D eigenvalue weighted by Crippen LogP contribution is 2.42. The highest BCUT2D eigenvalue weighted by molar-refractivity contribution is 6.10. The number of ether oxygens (including phenoxy) is 3. The van der Waals surface area contributed by atoms with Crippen LogP contribution < -0.4 is 30.2 Å². The molecule has 0 saturated carbocycles. The number of carbonyl (C=O) groups is 2. The van der Waals surface area contributed by atoms with Crippen LogP contribution in [0.15, 0.2) is 90.3 Å². The molecule has 204 valence electrons. The van der Waals surface area contributed by atoms with Gasteiger partial charge in [-0.25, -0.2) is 4.68 Å². The summed E-state index contributed by atoms with van der Waals surface area (Å²) in [5, 5.41) is 13.7. The number of nitrogens with zero attached hydrogens (tertiary/aromatic N) is 2. The van der Waals surface area contributed by atoms with E-state index in [0.29, 0.717) is 56.8 Å². The second kappa shape index (κ2) is 11.2. The maximum absolute atomic E-state index is 13.9. The second-order valence-electron chi connectivity index (χ2n) is 9.00. The fourth-order valence-corrected chi connectivity index (χ4v) is 4.70. The summed E-state index contributed by atoms with van der Waals surface area (Å²) >= 11 is 0. The summed E-state index contributed by atoms with van der Waals surface area (Å²) in [5.74, 6) is 1.36. The van der Waals surface area contributed by atoms with Gasteiger partial charge in [-0.15, -0.1) is 0 Å². The van der Waals surface area contributed by atoms with Gasteiger partial charge in [0.05, 0.1) is 38.8 Å². The van der Waals surface area contributed by atoms with Gasteiger partial charge in [0.2, 0.25) is 0 Å². The van der Waals surface area contributed by atoms with Gasteiger partial charge in [0.25, 0.3) is 11.8 Å². The lowest BCUT2D eigenvalue weighted by atomic mass is 9.93. The van der Waals surface area contributed by atoms with Crippen molar-refractivity contribution in [2.75, 3.05) is 37.3 Å². The van der Waals surface area contributed by atoms with Crippen molar-refractivity contribution >= 4 is 29.0 Å². The first kappa shape index (κ1) is 26.4. The van der Waals surface area contributed by atoms with Gasteiger partial charge in [0.1, 0.15) is 34.7 Å². The predicted octanol–water partition coefficient (Wildman–Crippen LogP) is 5.09. The zero-order valence-corrected chi connectivity index (χ0v) is 22.5. The van der Waals surface area contributed by atoms with Gasteiger partial charge >= 0.3 is 0 Å². The molecule has 10 heteroatoms. The Hall–Kier alpha value is -5.25. The lowest BCUT2D eigenvalue weighted by Gasteiger charge is -2.31. The minimum Gasteiger partial charge on any atom is -0.497 e. The molecule has 3 aromatic carbocycles. The molecule has 1 atom stereocenters. The maximum Gasteiger partial charge on any atom is 0.261 e. The Kier molecular flexibility index (Phi) is 7.41. The Morgan fingerprint density at radius 1 is 0.850 bits per heavy atom. The van der Waals surface area contributed by atoms with Gasteiger partial charge < -0.3 is 30.2 Å². The normalized spacial score (nSPS) is 14.1. The zero-order chi connectivity index (χ0) is 28.2. The van der Waals surface area contributed by atoms with Crippen molar-refractivity contribution in [3.63, 3.8) is 0 Å². The molecular formula is C30H29N5O5. The van der Waals surface area contributed by atoms with E-state index in [1.807, 2.05) is 36.4 Å². The summed E-state index contributed by atoms with van der Waals surface area (Å²) in [7, 11) is 4.66. The third-order valence-corrected chi connectivity index (χ3v) is 6.63. The maximum atomic E-state index is 13.9. The quantitative estimate of drug-likeness (QED) is 0.286. The largest absolute Gasteiger partial charge is 0.497 e. The van der Waals surface area contributed by atoms with Crippen molar-refractivity contribution in [3.05, 3.63) is 101 Å². The molecule has 0 spiro atoms. The van der Waals surface area contributed by atoms with E-state index in [1.165, 1.54) is 6.20 Å². The molecule has 0 saturated heterocycles. The molecule has 4 aromatic rings. The van der Waals surface area contributed by atoms with E-state index in [9.17, 15) is 9.59 Å². The number of hydrogen-bond acceptors (Lipinski definition) is 7. The first-order valence-corrected chi connectivity index (χ1v) is 12.5. The minimum atomic E-state index is -0.731. The van der Waals surface area contributed by atoms with Crippen LogP contribution in [0, 0.1) is 0 Å². The van der Waals surface area contributed by atoms with Crippen LogP contribution in [0.5, 0.6) is 17.2 Å². The smallest absolute Gasteiger partial charge is 0.261 e. The molecule has 0 radical (unpaired) electrons. The van der Waals surface area contributed by atoms with E-state index in [4.69, 9.17) is 14.2 Å². The number of hydrogen-bond donors (Lipinski definition) is 3. The standard InChI is InChI=1S/C30H29N5O5/c1-18-26(30(37)34-23-12-8-9-13-24(23)39-3)27(21-15-14-20(38-2)16-25(21)40-4)35-28(32-18)22(17-31-35)29(36)33-19-10-6-5-7-11-19/h5-17,27,32H,1-4H3,(H,33,36)(H,34,37). The lowest BCUT2D eigenvalue weighted by Crippen LogP contribution is -2.32. The summed E-state index contributed by atoms with van der Waals surface area (Å²) in [4.78, 5) is 27.2. The lowest BCUT2D eigenvalue weighted by molar-refractivity contribution is -0.113. The molecular weight excluding hydrogens is 510 g/mol. The van der Waals surface area contributed by atoms with Gasteiger partial charge in [-0.1, -0.05) is 30.3 Å². The summed E-state index contributed by atoms with van der Waals surface area (Å²) in [5.41, 5.74) is 3.10. The van der Waals surface area contributed by atoms with Crippen LogP contribution in [0.2, 0.25) is 0 Å². The van der Waals surface area contributed by atoms with Crippen LogP contribution in [0.4, 0.5) is 17.2 Å². The zero-order valence-electron chi connectivity index (χ0n) is 22.5.